The lowest BCUT2D eigenvalue weighted by atomic mass is 9.98. The molecule has 2 heterocycles. The Balaban J connectivity index is 1.69. The smallest absolute Gasteiger partial charge is 0.274 e. The second-order valence-corrected chi connectivity index (χ2v) is 6.84. The SMILES string of the molecule is Cc1ccc(N2CC3(C=C(N4CCOCC4)C2=O)CC3)c(F)c1. The highest BCUT2D eigenvalue weighted by Crippen LogP contribution is 2.51. The van der Waals surface area contributed by atoms with Crippen LogP contribution in [0.5, 0.6) is 0 Å². The second kappa shape index (κ2) is 5.34. The third kappa shape index (κ3) is 2.63. The Kier molecular flexibility index (Phi) is 3.41. The van der Waals surface area contributed by atoms with Gasteiger partial charge in [0, 0.05) is 25.0 Å². The lowest BCUT2D eigenvalue weighted by molar-refractivity contribution is -0.118. The molecule has 1 saturated carbocycles. The molecule has 122 valence electrons. The fourth-order valence-electron chi connectivity index (χ4n) is 3.44. The van der Waals surface area contributed by atoms with Crippen LogP contribution in [0.25, 0.3) is 0 Å². The summed E-state index contributed by atoms with van der Waals surface area (Å²) in [6.45, 7) is 5.15. The maximum atomic E-state index is 14.4. The van der Waals surface area contributed by atoms with Gasteiger partial charge in [-0.15, -0.1) is 0 Å². The molecule has 0 N–H and O–H groups in total. The van der Waals surface area contributed by atoms with E-state index in [4.69, 9.17) is 4.74 Å². The highest BCUT2D eigenvalue weighted by molar-refractivity contribution is 6.06. The highest BCUT2D eigenvalue weighted by Gasteiger charge is 2.48. The summed E-state index contributed by atoms with van der Waals surface area (Å²) in [5, 5.41) is 0. The van der Waals surface area contributed by atoms with Crippen molar-refractivity contribution in [1.29, 1.82) is 0 Å². The van der Waals surface area contributed by atoms with E-state index in [9.17, 15) is 9.18 Å². The molecule has 23 heavy (non-hydrogen) atoms. The van der Waals surface area contributed by atoms with Crippen molar-refractivity contribution in [2.24, 2.45) is 5.41 Å². The van der Waals surface area contributed by atoms with Gasteiger partial charge in [0.05, 0.1) is 24.6 Å². The van der Waals surface area contributed by atoms with Crippen molar-refractivity contribution >= 4 is 11.6 Å². The number of aryl methyl sites for hydroxylation is 1. The number of hydrogen-bond donors (Lipinski definition) is 0. The minimum Gasteiger partial charge on any atom is -0.378 e. The third-order valence-electron chi connectivity index (χ3n) is 5.02. The van der Waals surface area contributed by atoms with Gasteiger partial charge in [-0.3, -0.25) is 4.79 Å². The number of hydrogen-bond acceptors (Lipinski definition) is 3. The minimum absolute atomic E-state index is 0.0405. The Hall–Kier alpha value is -1.88. The van der Waals surface area contributed by atoms with E-state index >= 15 is 0 Å². The molecule has 0 unspecified atom stereocenters. The van der Waals surface area contributed by atoms with Gasteiger partial charge in [-0.05, 0) is 43.5 Å². The lowest BCUT2D eigenvalue weighted by Crippen LogP contribution is -2.48. The maximum Gasteiger partial charge on any atom is 0.274 e. The fraction of sp³-hybridized carbons (Fsp3) is 0.500. The summed E-state index contributed by atoms with van der Waals surface area (Å²) in [6, 6.07) is 5.08. The van der Waals surface area contributed by atoms with Crippen LogP contribution < -0.4 is 4.90 Å². The van der Waals surface area contributed by atoms with Crippen LogP contribution in [0.15, 0.2) is 30.0 Å². The molecule has 2 fully saturated rings. The normalized spacial score (nSPS) is 23.2. The van der Waals surface area contributed by atoms with Crippen LogP contribution in [0.4, 0.5) is 10.1 Å². The summed E-state index contributed by atoms with van der Waals surface area (Å²) in [6.07, 6.45) is 4.26. The molecule has 1 spiro atoms. The predicted molar refractivity (Wildman–Crippen MR) is 85.6 cm³/mol. The van der Waals surface area contributed by atoms with Crippen molar-refractivity contribution in [2.45, 2.75) is 19.8 Å². The zero-order chi connectivity index (χ0) is 16.0. The van der Waals surface area contributed by atoms with E-state index in [1.165, 1.54) is 6.07 Å². The first kappa shape index (κ1) is 14.7. The molecule has 0 radical (unpaired) electrons. The molecule has 4 nitrogen and oxygen atoms in total. The summed E-state index contributed by atoms with van der Waals surface area (Å²) in [5.41, 5.74) is 2.02. The van der Waals surface area contributed by atoms with E-state index in [0.29, 0.717) is 25.4 Å². The first-order chi connectivity index (χ1) is 11.1. The number of rotatable bonds is 2. The van der Waals surface area contributed by atoms with Gasteiger partial charge in [-0.1, -0.05) is 6.07 Å². The van der Waals surface area contributed by atoms with Gasteiger partial charge >= 0.3 is 0 Å². The van der Waals surface area contributed by atoms with E-state index in [2.05, 4.69) is 11.0 Å². The first-order valence-corrected chi connectivity index (χ1v) is 8.22. The van der Waals surface area contributed by atoms with Crippen molar-refractivity contribution < 1.29 is 13.9 Å². The molecule has 1 amide bonds. The van der Waals surface area contributed by atoms with Crippen LogP contribution in [0.3, 0.4) is 0 Å². The zero-order valence-corrected chi connectivity index (χ0v) is 13.3. The van der Waals surface area contributed by atoms with E-state index in [-0.39, 0.29) is 17.1 Å². The highest BCUT2D eigenvalue weighted by atomic mass is 19.1. The quantitative estimate of drug-likeness (QED) is 0.840. The molecule has 4 rings (SSSR count). The molecule has 1 aromatic carbocycles. The molecular weight excluding hydrogens is 295 g/mol. The molecule has 1 aliphatic carbocycles. The van der Waals surface area contributed by atoms with Crippen molar-refractivity contribution in [2.75, 3.05) is 37.7 Å². The van der Waals surface area contributed by atoms with Crippen LogP contribution in [-0.4, -0.2) is 43.7 Å². The average molecular weight is 316 g/mol. The molecule has 0 bridgehead atoms. The van der Waals surface area contributed by atoms with Crippen LogP contribution >= 0.6 is 0 Å². The third-order valence-corrected chi connectivity index (χ3v) is 5.02. The molecule has 2 aliphatic heterocycles. The standard InChI is InChI=1S/C18H21FN2O2/c1-13-2-3-15(14(19)10-13)21-12-18(4-5-18)11-16(17(21)22)20-6-8-23-9-7-20/h2-3,10-11H,4-9,12H2,1H3. The van der Waals surface area contributed by atoms with Crippen LogP contribution in [0, 0.1) is 18.2 Å². The maximum absolute atomic E-state index is 14.4. The lowest BCUT2D eigenvalue weighted by Gasteiger charge is -2.38. The van der Waals surface area contributed by atoms with E-state index < -0.39 is 0 Å². The molecule has 1 saturated heterocycles. The number of amides is 1. The Labute approximate surface area is 135 Å². The van der Waals surface area contributed by atoms with E-state index in [1.807, 2.05) is 13.0 Å². The number of halogens is 1. The summed E-state index contributed by atoms with van der Waals surface area (Å²) in [4.78, 5) is 16.7. The van der Waals surface area contributed by atoms with Gasteiger partial charge in [-0.25, -0.2) is 4.39 Å². The van der Waals surface area contributed by atoms with Crippen LogP contribution in [0.2, 0.25) is 0 Å². The van der Waals surface area contributed by atoms with Crippen molar-refractivity contribution in [3.8, 4) is 0 Å². The average Bonchev–Trinajstić information content (AvgIpc) is 3.30. The molecular formula is C18H21FN2O2. The Bertz CT molecular complexity index is 676. The Morgan fingerprint density at radius 3 is 2.61 bits per heavy atom. The molecule has 3 aliphatic rings. The van der Waals surface area contributed by atoms with Gasteiger partial charge in [0.15, 0.2) is 0 Å². The summed E-state index contributed by atoms with van der Waals surface area (Å²) in [5.74, 6) is -0.412. The van der Waals surface area contributed by atoms with Crippen molar-refractivity contribution in [1.82, 2.24) is 4.90 Å². The molecule has 0 atom stereocenters. The zero-order valence-electron chi connectivity index (χ0n) is 13.3. The minimum atomic E-state index is -0.322. The summed E-state index contributed by atoms with van der Waals surface area (Å²) in [7, 11) is 0. The Morgan fingerprint density at radius 2 is 1.96 bits per heavy atom. The van der Waals surface area contributed by atoms with Gasteiger partial charge in [0.25, 0.3) is 5.91 Å². The van der Waals surface area contributed by atoms with Gasteiger partial charge in [-0.2, -0.15) is 0 Å². The largest absolute Gasteiger partial charge is 0.378 e. The van der Waals surface area contributed by atoms with Crippen LogP contribution in [0.1, 0.15) is 18.4 Å². The Morgan fingerprint density at radius 1 is 1.22 bits per heavy atom. The number of morpholine rings is 1. The van der Waals surface area contributed by atoms with Gasteiger partial charge in [0.1, 0.15) is 5.82 Å². The van der Waals surface area contributed by atoms with E-state index in [0.717, 1.165) is 37.2 Å². The number of nitrogens with zero attached hydrogens (tertiary/aromatic N) is 2. The fourth-order valence-corrected chi connectivity index (χ4v) is 3.44. The monoisotopic (exact) mass is 316 g/mol. The van der Waals surface area contributed by atoms with Gasteiger partial charge in [0.2, 0.25) is 0 Å². The second-order valence-electron chi connectivity index (χ2n) is 6.84. The molecule has 5 heteroatoms. The van der Waals surface area contributed by atoms with Crippen LogP contribution in [-0.2, 0) is 9.53 Å². The number of ether oxygens (including phenoxy) is 1. The number of benzene rings is 1. The molecule has 1 aromatic rings. The van der Waals surface area contributed by atoms with Crippen molar-refractivity contribution in [3.05, 3.63) is 41.4 Å². The summed E-state index contributed by atoms with van der Waals surface area (Å²) >= 11 is 0. The number of carbonyl (C=O) groups excluding carboxylic acids is 1. The first-order valence-electron chi connectivity index (χ1n) is 8.22. The molecule has 0 aromatic heterocycles. The van der Waals surface area contributed by atoms with E-state index in [1.54, 1.807) is 11.0 Å². The number of anilines is 1. The predicted octanol–water partition coefficient (Wildman–Crippen LogP) is 2.48. The summed E-state index contributed by atoms with van der Waals surface area (Å²) < 4.78 is 19.8. The topological polar surface area (TPSA) is 32.8 Å². The van der Waals surface area contributed by atoms with Gasteiger partial charge < -0.3 is 14.5 Å². The van der Waals surface area contributed by atoms with Crippen molar-refractivity contribution in [3.63, 3.8) is 0 Å². The number of carbonyl (C=O) groups is 1.